The highest BCUT2D eigenvalue weighted by Gasteiger charge is 2.65. The lowest BCUT2D eigenvalue weighted by atomic mass is 9.59. The Hall–Kier alpha value is -2.82. The highest BCUT2D eigenvalue weighted by Crippen LogP contribution is 2.52. The molecule has 11 heteroatoms. The molecule has 216 valence electrons. The minimum atomic E-state index is -5.18. The molecular formula is C29H34ClF3N4O3. The van der Waals surface area contributed by atoms with Crippen molar-refractivity contribution >= 4 is 29.1 Å². The zero-order valence-electron chi connectivity index (χ0n) is 22.8. The smallest absolute Gasteiger partial charge is 0.369 e. The van der Waals surface area contributed by atoms with Gasteiger partial charge in [-0.3, -0.25) is 14.5 Å². The first-order valence-electron chi connectivity index (χ1n) is 13.4. The first-order valence-corrected chi connectivity index (χ1v) is 13.8. The average molecular weight is 579 g/mol. The molecule has 1 spiro atoms. The zero-order valence-corrected chi connectivity index (χ0v) is 23.6. The van der Waals surface area contributed by atoms with Gasteiger partial charge < -0.3 is 19.8 Å². The molecule has 1 atom stereocenters. The van der Waals surface area contributed by atoms with E-state index in [0.717, 1.165) is 67.3 Å². The number of halogens is 4. The van der Waals surface area contributed by atoms with E-state index in [2.05, 4.69) is 15.9 Å². The van der Waals surface area contributed by atoms with Crippen LogP contribution in [-0.4, -0.2) is 97.2 Å². The molecule has 5 rings (SSSR count). The number of hydrogen-bond acceptors (Lipinski definition) is 5. The van der Waals surface area contributed by atoms with E-state index in [1.165, 1.54) is 12.1 Å². The number of alkyl halides is 3. The average Bonchev–Trinajstić information content (AvgIpc) is 2.85. The molecule has 1 N–H and O–H groups in total. The fourth-order valence-electron chi connectivity index (χ4n) is 6.38. The van der Waals surface area contributed by atoms with Crippen LogP contribution in [0.3, 0.4) is 0 Å². The van der Waals surface area contributed by atoms with Crippen LogP contribution in [0.2, 0.25) is 5.02 Å². The second-order valence-corrected chi connectivity index (χ2v) is 12.1. The molecule has 1 saturated carbocycles. The summed E-state index contributed by atoms with van der Waals surface area (Å²) in [5.74, 6) is -1.37. The van der Waals surface area contributed by atoms with E-state index in [1.807, 2.05) is 19.1 Å². The number of aryl methyl sites for hydroxylation is 1. The summed E-state index contributed by atoms with van der Waals surface area (Å²) in [6.45, 7) is 5.77. The number of hydrogen-bond donors (Lipinski definition) is 1. The number of piperazine rings is 1. The van der Waals surface area contributed by atoms with Gasteiger partial charge in [0.1, 0.15) is 0 Å². The Kier molecular flexibility index (Phi) is 7.34. The third kappa shape index (κ3) is 4.94. The fraction of sp³-hybridized carbons (Fsp3) is 0.517. The number of carbonyl (C=O) groups excluding carboxylic acids is 2. The molecule has 7 nitrogen and oxygen atoms in total. The van der Waals surface area contributed by atoms with Crippen molar-refractivity contribution in [1.82, 2.24) is 14.7 Å². The van der Waals surface area contributed by atoms with Crippen LogP contribution in [-0.2, 0) is 10.4 Å². The molecule has 1 unspecified atom stereocenters. The van der Waals surface area contributed by atoms with E-state index >= 15 is 0 Å². The lowest BCUT2D eigenvalue weighted by Gasteiger charge is -2.62. The number of carbonyl (C=O) groups is 2. The van der Waals surface area contributed by atoms with Crippen molar-refractivity contribution < 1.29 is 27.9 Å². The zero-order chi connectivity index (χ0) is 29.0. The molecule has 2 heterocycles. The van der Waals surface area contributed by atoms with Crippen LogP contribution >= 0.6 is 11.6 Å². The van der Waals surface area contributed by atoms with Gasteiger partial charge in [-0.2, -0.15) is 13.2 Å². The lowest BCUT2D eigenvalue weighted by Crippen LogP contribution is -2.71. The van der Waals surface area contributed by atoms with Gasteiger partial charge in [0, 0.05) is 86.7 Å². The normalized spacial score (nSPS) is 21.0. The van der Waals surface area contributed by atoms with Crippen molar-refractivity contribution in [2.75, 3.05) is 58.3 Å². The Labute approximate surface area is 237 Å². The van der Waals surface area contributed by atoms with Gasteiger partial charge in [-0.05, 0) is 55.7 Å². The summed E-state index contributed by atoms with van der Waals surface area (Å²) in [6.07, 6.45) is -3.54. The minimum absolute atomic E-state index is 0.0153. The molecule has 0 bridgehead atoms. The molecule has 40 heavy (non-hydrogen) atoms. The number of amides is 2. The number of anilines is 1. The third-order valence-corrected chi connectivity index (χ3v) is 8.92. The van der Waals surface area contributed by atoms with Crippen LogP contribution in [0.1, 0.15) is 34.3 Å². The van der Waals surface area contributed by atoms with Gasteiger partial charge in [0.05, 0.1) is 0 Å². The molecule has 2 aliphatic heterocycles. The summed E-state index contributed by atoms with van der Waals surface area (Å²) in [6, 6.07) is 11.0. The molecule has 0 radical (unpaired) electrons. The van der Waals surface area contributed by atoms with E-state index in [9.17, 15) is 27.9 Å². The van der Waals surface area contributed by atoms with Crippen LogP contribution in [0, 0.1) is 12.3 Å². The standard InChI is InChI=1S/C29H34ClF3N4O3/c1-19-13-22(7-8-24(19)25(38)34(2)3)35-9-11-36(12-10-35)23-15-27(16-23)17-37(18-27)26(39)28(40,29(31,32)33)20-5-4-6-21(30)14-20/h4-8,13-14,23,40H,9-12,15-18H2,1-3H3. The van der Waals surface area contributed by atoms with E-state index in [1.54, 1.807) is 19.0 Å². The maximum Gasteiger partial charge on any atom is 0.430 e. The largest absolute Gasteiger partial charge is 0.430 e. The van der Waals surface area contributed by atoms with Crippen LogP contribution < -0.4 is 4.90 Å². The first-order chi connectivity index (χ1) is 18.7. The van der Waals surface area contributed by atoms with E-state index in [0.29, 0.717) is 11.6 Å². The van der Waals surface area contributed by atoms with Gasteiger partial charge in [-0.25, -0.2) is 0 Å². The molecular weight excluding hydrogens is 545 g/mol. The second-order valence-electron chi connectivity index (χ2n) is 11.7. The molecule has 0 aromatic heterocycles. The number of rotatable bonds is 5. The highest BCUT2D eigenvalue weighted by molar-refractivity contribution is 6.30. The first kappa shape index (κ1) is 28.7. The summed E-state index contributed by atoms with van der Waals surface area (Å²) < 4.78 is 41.9. The SMILES string of the molecule is Cc1cc(N2CCN(C3CC4(C3)CN(C(=O)C(O)(c3cccc(Cl)c3)C(F)(F)F)C4)CC2)ccc1C(=O)N(C)C. The maximum absolute atomic E-state index is 14.0. The van der Waals surface area contributed by atoms with Gasteiger partial charge in [0.25, 0.3) is 17.4 Å². The summed E-state index contributed by atoms with van der Waals surface area (Å²) in [5, 5.41) is 10.7. The van der Waals surface area contributed by atoms with Gasteiger partial charge in [-0.1, -0.05) is 23.7 Å². The monoisotopic (exact) mass is 578 g/mol. The quantitative estimate of drug-likeness (QED) is 0.583. The summed E-state index contributed by atoms with van der Waals surface area (Å²) in [7, 11) is 3.48. The Morgan fingerprint density at radius 3 is 2.23 bits per heavy atom. The lowest BCUT2D eigenvalue weighted by molar-refractivity contribution is -0.267. The molecule has 2 amide bonds. The fourth-order valence-corrected chi connectivity index (χ4v) is 6.58. The number of aliphatic hydroxyl groups is 1. The minimum Gasteiger partial charge on any atom is -0.369 e. The van der Waals surface area contributed by atoms with Crippen molar-refractivity contribution in [2.24, 2.45) is 5.41 Å². The van der Waals surface area contributed by atoms with Crippen LogP contribution in [0.5, 0.6) is 0 Å². The number of likely N-dealkylation sites (tertiary alicyclic amines) is 1. The maximum atomic E-state index is 14.0. The van der Waals surface area contributed by atoms with Crippen molar-refractivity contribution in [3.05, 3.63) is 64.2 Å². The van der Waals surface area contributed by atoms with E-state index in [-0.39, 0.29) is 29.4 Å². The van der Waals surface area contributed by atoms with Crippen molar-refractivity contribution in [1.29, 1.82) is 0 Å². The number of benzene rings is 2. The molecule has 1 aliphatic carbocycles. The molecule has 2 saturated heterocycles. The Balaban J connectivity index is 1.14. The van der Waals surface area contributed by atoms with Gasteiger partial charge in [-0.15, -0.1) is 0 Å². The second kappa shape index (κ2) is 10.2. The van der Waals surface area contributed by atoms with E-state index in [4.69, 9.17) is 11.6 Å². The van der Waals surface area contributed by atoms with Crippen LogP contribution in [0.4, 0.5) is 18.9 Å². The summed E-state index contributed by atoms with van der Waals surface area (Å²) >= 11 is 5.85. The topological polar surface area (TPSA) is 67.3 Å². The van der Waals surface area contributed by atoms with Crippen molar-refractivity contribution in [3.8, 4) is 0 Å². The summed E-state index contributed by atoms with van der Waals surface area (Å²) in [5.41, 5.74) is -1.67. The Bertz CT molecular complexity index is 1300. The molecule has 2 aromatic carbocycles. The Morgan fingerprint density at radius 2 is 1.68 bits per heavy atom. The third-order valence-electron chi connectivity index (χ3n) is 8.68. The summed E-state index contributed by atoms with van der Waals surface area (Å²) in [4.78, 5) is 32.7. The van der Waals surface area contributed by atoms with Gasteiger partial charge >= 0.3 is 6.18 Å². The van der Waals surface area contributed by atoms with Gasteiger partial charge in [0.2, 0.25) is 0 Å². The van der Waals surface area contributed by atoms with Crippen LogP contribution in [0.25, 0.3) is 0 Å². The predicted octanol–water partition coefficient (Wildman–Crippen LogP) is 3.91. The highest BCUT2D eigenvalue weighted by atomic mass is 35.5. The van der Waals surface area contributed by atoms with Crippen molar-refractivity contribution in [3.63, 3.8) is 0 Å². The van der Waals surface area contributed by atoms with Gasteiger partial charge in [0.15, 0.2) is 0 Å². The molecule has 3 fully saturated rings. The van der Waals surface area contributed by atoms with Crippen molar-refractivity contribution in [2.45, 2.75) is 37.6 Å². The number of nitrogens with zero attached hydrogens (tertiary/aromatic N) is 4. The Morgan fingerprint density at radius 1 is 1.02 bits per heavy atom. The van der Waals surface area contributed by atoms with E-state index < -0.39 is 23.2 Å². The van der Waals surface area contributed by atoms with Crippen LogP contribution in [0.15, 0.2) is 42.5 Å². The molecule has 3 aliphatic rings. The predicted molar refractivity (Wildman–Crippen MR) is 146 cm³/mol. The molecule has 2 aromatic rings.